The van der Waals surface area contributed by atoms with Gasteiger partial charge < -0.3 is 19.7 Å². The predicted octanol–water partition coefficient (Wildman–Crippen LogP) is 1.78. The predicted molar refractivity (Wildman–Crippen MR) is 77.6 cm³/mol. The summed E-state index contributed by atoms with van der Waals surface area (Å²) in [4.78, 5) is 24.4. The van der Waals surface area contributed by atoms with Gasteiger partial charge in [-0.15, -0.1) is 0 Å². The molecule has 1 unspecified atom stereocenters. The van der Waals surface area contributed by atoms with Crippen LogP contribution in [0, 0.1) is 0 Å². The van der Waals surface area contributed by atoms with Gasteiger partial charge in [0.2, 0.25) is 5.91 Å². The molecule has 1 rings (SSSR count). The molecule has 1 fully saturated rings. The van der Waals surface area contributed by atoms with Gasteiger partial charge >= 0.3 is 6.09 Å². The number of morpholine rings is 1. The summed E-state index contributed by atoms with van der Waals surface area (Å²) >= 11 is 0. The molecule has 1 heterocycles. The van der Waals surface area contributed by atoms with E-state index in [-0.39, 0.29) is 12.0 Å². The number of carbonyl (C=O) groups is 2. The van der Waals surface area contributed by atoms with Crippen LogP contribution in [0.3, 0.4) is 0 Å². The van der Waals surface area contributed by atoms with Crippen molar-refractivity contribution in [1.29, 1.82) is 0 Å². The zero-order valence-corrected chi connectivity index (χ0v) is 13.5. The fourth-order valence-corrected chi connectivity index (χ4v) is 1.64. The molecule has 0 spiro atoms. The van der Waals surface area contributed by atoms with E-state index in [2.05, 4.69) is 5.32 Å². The molecule has 6 heteroatoms. The van der Waals surface area contributed by atoms with Gasteiger partial charge in [0.05, 0.1) is 12.7 Å². The number of rotatable bonds is 2. The lowest BCUT2D eigenvalue weighted by molar-refractivity contribution is -0.136. The van der Waals surface area contributed by atoms with Gasteiger partial charge in [-0.25, -0.2) is 4.79 Å². The SMILES string of the molecule is CC.CC(=O)N1CCOC(CNC(=O)OC(C)(C)C)C1. The van der Waals surface area contributed by atoms with Crippen molar-refractivity contribution in [3.8, 4) is 0 Å². The molecule has 0 aromatic rings. The van der Waals surface area contributed by atoms with E-state index in [1.165, 1.54) is 6.92 Å². The molecule has 0 aromatic carbocycles. The fourth-order valence-electron chi connectivity index (χ4n) is 1.64. The lowest BCUT2D eigenvalue weighted by Crippen LogP contribution is -2.49. The summed E-state index contributed by atoms with van der Waals surface area (Å²) in [5.74, 6) is 0.0283. The van der Waals surface area contributed by atoms with Crippen LogP contribution in [0.2, 0.25) is 0 Å². The highest BCUT2D eigenvalue weighted by atomic mass is 16.6. The summed E-state index contributed by atoms with van der Waals surface area (Å²) in [6.45, 7) is 12.9. The van der Waals surface area contributed by atoms with Crippen molar-refractivity contribution in [2.75, 3.05) is 26.2 Å². The Morgan fingerprint density at radius 1 is 1.35 bits per heavy atom. The van der Waals surface area contributed by atoms with Crippen LogP contribution in [-0.2, 0) is 14.3 Å². The molecular formula is C14H28N2O4. The average molecular weight is 288 g/mol. The van der Waals surface area contributed by atoms with Gasteiger partial charge in [-0.3, -0.25) is 4.79 Å². The third-order valence-corrected chi connectivity index (χ3v) is 2.46. The molecule has 0 radical (unpaired) electrons. The molecular weight excluding hydrogens is 260 g/mol. The van der Waals surface area contributed by atoms with E-state index in [0.29, 0.717) is 26.2 Å². The van der Waals surface area contributed by atoms with Crippen molar-refractivity contribution >= 4 is 12.0 Å². The van der Waals surface area contributed by atoms with Crippen LogP contribution in [0.1, 0.15) is 41.5 Å². The molecule has 0 aromatic heterocycles. The van der Waals surface area contributed by atoms with Gasteiger partial charge in [0.15, 0.2) is 0 Å². The summed E-state index contributed by atoms with van der Waals surface area (Å²) < 4.78 is 10.6. The Hall–Kier alpha value is -1.30. The summed E-state index contributed by atoms with van der Waals surface area (Å²) in [5.41, 5.74) is -0.511. The molecule has 1 saturated heterocycles. The van der Waals surface area contributed by atoms with Gasteiger partial charge in [0, 0.05) is 26.6 Å². The molecule has 1 aliphatic heterocycles. The Morgan fingerprint density at radius 3 is 2.45 bits per heavy atom. The van der Waals surface area contributed by atoms with Gasteiger partial charge in [0.1, 0.15) is 5.60 Å². The van der Waals surface area contributed by atoms with Crippen LogP contribution in [0.15, 0.2) is 0 Å². The Bertz CT molecular complexity index is 313. The number of amides is 2. The zero-order chi connectivity index (χ0) is 15.8. The van der Waals surface area contributed by atoms with E-state index in [0.717, 1.165) is 0 Å². The first kappa shape index (κ1) is 18.7. The first-order valence-electron chi connectivity index (χ1n) is 7.12. The topological polar surface area (TPSA) is 67.9 Å². The number of hydrogen-bond acceptors (Lipinski definition) is 4. The fraction of sp³-hybridized carbons (Fsp3) is 0.857. The molecule has 1 atom stereocenters. The number of nitrogens with one attached hydrogen (secondary N) is 1. The Morgan fingerprint density at radius 2 is 1.95 bits per heavy atom. The van der Waals surface area contributed by atoms with Gasteiger partial charge in [0.25, 0.3) is 0 Å². The van der Waals surface area contributed by atoms with Crippen molar-refractivity contribution < 1.29 is 19.1 Å². The lowest BCUT2D eigenvalue weighted by Gasteiger charge is -2.32. The monoisotopic (exact) mass is 288 g/mol. The molecule has 1 aliphatic rings. The highest BCUT2D eigenvalue weighted by Crippen LogP contribution is 2.07. The molecule has 20 heavy (non-hydrogen) atoms. The maximum atomic E-state index is 11.4. The van der Waals surface area contributed by atoms with Crippen molar-refractivity contribution in [2.24, 2.45) is 0 Å². The normalized spacial score (nSPS) is 18.7. The summed E-state index contributed by atoms with van der Waals surface area (Å²) in [7, 11) is 0. The summed E-state index contributed by atoms with van der Waals surface area (Å²) in [6.07, 6.45) is -0.638. The minimum Gasteiger partial charge on any atom is -0.444 e. The van der Waals surface area contributed by atoms with Crippen LogP contribution >= 0.6 is 0 Å². The maximum absolute atomic E-state index is 11.4. The third-order valence-electron chi connectivity index (χ3n) is 2.46. The molecule has 6 nitrogen and oxygen atoms in total. The van der Waals surface area contributed by atoms with Crippen LogP contribution in [-0.4, -0.2) is 54.8 Å². The van der Waals surface area contributed by atoms with Gasteiger partial charge in [-0.05, 0) is 20.8 Å². The second-order valence-electron chi connectivity index (χ2n) is 5.34. The summed E-state index contributed by atoms with van der Waals surface area (Å²) in [6, 6.07) is 0. The summed E-state index contributed by atoms with van der Waals surface area (Å²) in [5, 5.41) is 2.64. The highest BCUT2D eigenvalue weighted by molar-refractivity contribution is 5.73. The standard InChI is InChI=1S/C12H22N2O4.C2H6/c1-9(15)14-5-6-17-10(8-14)7-13-11(16)18-12(2,3)4;1-2/h10H,5-8H2,1-4H3,(H,13,16);1-2H3. The van der Waals surface area contributed by atoms with Crippen molar-refractivity contribution in [1.82, 2.24) is 10.2 Å². The van der Waals surface area contributed by atoms with Gasteiger partial charge in [-0.2, -0.15) is 0 Å². The first-order chi connectivity index (χ1) is 9.28. The number of nitrogens with zero attached hydrogens (tertiary/aromatic N) is 1. The molecule has 0 saturated carbocycles. The first-order valence-corrected chi connectivity index (χ1v) is 7.12. The second-order valence-corrected chi connectivity index (χ2v) is 5.34. The maximum Gasteiger partial charge on any atom is 0.407 e. The average Bonchev–Trinajstić information content (AvgIpc) is 2.37. The molecule has 0 aliphatic carbocycles. The Kier molecular flexibility index (Phi) is 8.22. The lowest BCUT2D eigenvalue weighted by atomic mass is 10.2. The van der Waals surface area contributed by atoms with Crippen molar-refractivity contribution in [3.05, 3.63) is 0 Å². The van der Waals surface area contributed by atoms with E-state index < -0.39 is 11.7 Å². The third kappa shape index (κ3) is 7.99. The van der Waals surface area contributed by atoms with Gasteiger partial charge in [-0.1, -0.05) is 13.8 Å². The molecule has 118 valence electrons. The van der Waals surface area contributed by atoms with Crippen molar-refractivity contribution in [3.63, 3.8) is 0 Å². The van der Waals surface area contributed by atoms with Crippen LogP contribution < -0.4 is 5.32 Å². The Labute approximate surface area is 121 Å². The van der Waals surface area contributed by atoms with E-state index in [4.69, 9.17) is 9.47 Å². The van der Waals surface area contributed by atoms with Crippen LogP contribution in [0.5, 0.6) is 0 Å². The quantitative estimate of drug-likeness (QED) is 0.841. The van der Waals surface area contributed by atoms with Crippen LogP contribution in [0.25, 0.3) is 0 Å². The largest absolute Gasteiger partial charge is 0.444 e. The van der Waals surface area contributed by atoms with Crippen LogP contribution in [0.4, 0.5) is 4.79 Å². The molecule has 2 amide bonds. The van der Waals surface area contributed by atoms with E-state index in [9.17, 15) is 9.59 Å². The van der Waals surface area contributed by atoms with E-state index in [1.807, 2.05) is 13.8 Å². The number of ether oxygens (including phenoxy) is 2. The Balaban J connectivity index is 0.00000172. The second kappa shape index (κ2) is 8.79. The van der Waals surface area contributed by atoms with E-state index >= 15 is 0 Å². The number of alkyl carbamates (subject to hydrolysis) is 1. The van der Waals surface area contributed by atoms with E-state index in [1.54, 1.807) is 25.7 Å². The minimum absolute atomic E-state index is 0.0283. The number of carbonyl (C=O) groups excluding carboxylic acids is 2. The zero-order valence-electron chi connectivity index (χ0n) is 13.5. The van der Waals surface area contributed by atoms with Crippen molar-refractivity contribution in [2.45, 2.75) is 53.2 Å². The molecule has 1 N–H and O–H groups in total. The minimum atomic E-state index is -0.511. The smallest absolute Gasteiger partial charge is 0.407 e. The highest BCUT2D eigenvalue weighted by Gasteiger charge is 2.23. The molecule has 0 bridgehead atoms. The number of hydrogen-bond donors (Lipinski definition) is 1.